The van der Waals surface area contributed by atoms with Crippen molar-refractivity contribution in [3.63, 3.8) is 0 Å². The van der Waals surface area contributed by atoms with Crippen LogP contribution in [0.4, 0.5) is 0 Å². The summed E-state index contributed by atoms with van der Waals surface area (Å²) in [5, 5.41) is 1.62. The summed E-state index contributed by atoms with van der Waals surface area (Å²) in [7, 11) is 0. The zero-order valence-electron chi connectivity index (χ0n) is 13.1. The van der Waals surface area contributed by atoms with Gasteiger partial charge in [0, 0.05) is 5.02 Å². The Kier molecular flexibility index (Phi) is 5.37. The molecule has 1 amide bonds. The molecule has 0 aliphatic heterocycles. The number of aromatic nitrogens is 2. The van der Waals surface area contributed by atoms with Gasteiger partial charge in [-0.2, -0.15) is 0 Å². The Morgan fingerprint density at radius 1 is 1.20 bits per heavy atom. The largest absolute Gasteiger partial charge is 0.294 e. The molecule has 0 spiro atoms. The van der Waals surface area contributed by atoms with Gasteiger partial charge in [0.25, 0.3) is 5.56 Å². The van der Waals surface area contributed by atoms with Crippen molar-refractivity contribution in [2.24, 2.45) is 5.84 Å². The molecule has 3 aromatic rings. The molecule has 0 fully saturated rings. The number of amides is 1. The molecule has 3 N–H and O–H groups in total. The highest BCUT2D eigenvalue weighted by atomic mass is 35.5. The number of nitrogens with zero attached hydrogens (tertiary/aromatic N) is 2. The second-order valence-corrected chi connectivity index (χ2v) is 6.66. The number of nitrogens with two attached hydrogens (primary N) is 1. The fraction of sp³-hybridized carbons (Fsp3) is 0.118. The van der Waals surface area contributed by atoms with Gasteiger partial charge < -0.3 is 0 Å². The van der Waals surface area contributed by atoms with E-state index in [9.17, 15) is 9.59 Å². The number of hydrogen-bond acceptors (Lipinski definition) is 5. The van der Waals surface area contributed by atoms with Crippen LogP contribution >= 0.6 is 23.4 Å². The smallest absolute Gasteiger partial charge is 0.262 e. The van der Waals surface area contributed by atoms with E-state index in [2.05, 4.69) is 10.4 Å². The van der Waals surface area contributed by atoms with E-state index in [0.29, 0.717) is 27.6 Å². The molecular weight excluding hydrogens is 360 g/mol. The van der Waals surface area contributed by atoms with Gasteiger partial charge in [-0.25, -0.2) is 10.8 Å². The summed E-state index contributed by atoms with van der Waals surface area (Å²) >= 11 is 7.08. The van der Waals surface area contributed by atoms with Gasteiger partial charge in [0.05, 0.1) is 23.2 Å². The minimum Gasteiger partial charge on any atom is -0.294 e. The van der Waals surface area contributed by atoms with Crippen molar-refractivity contribution in [1.82, 2.24) is 15.0 Å². The van der Waals surface area contributed by atoms with Crippen LogP contribution in [0.3, 0.4) is 0 Å². The highest BCUT2D eigenvalue weighted by Gasteiger charge is 2.13. The molecule has 0 unspecified atom stereocenters. The second-order valence-electron chi connectivity index (χ2n) is 5.29. The number of thioether (sulfide) groups is 1. The molecule has 128 valence electrons. The number of hydrazine groups is 1. The summed E-state index contributed by atoms with van der Waals surface area (Å²) in [5.74, 6) is 4.85. The summed E-state index contributed by atoms with van der Waals surface area (Å²) in [6.07, 6.45) is 0. The number of carbonyl (C=O) groups is 1. The van der Waals surface area contributed by atoms with E-state index in [4.69, 9.17) is 17.4 Å². The maximum Gasteiger partial charge on any atom is 0.262 e. The molecule has 0 radical (unpaired) electrons. The predicted octanol–water partition coefficient (Wildman–Crippen LogP) is 2.18. The number of nitrogens with one attached hydrogen (secondary N) is 1. The Labute approximate surface area is 153 Å². The van der Waals surface area contributed by atoms with E-state index in [1.807, 2.05) is 18.2 Å². The number of carbonyl (C=O) groups excluding carboxylic acids is 1. The van der Waals surface area contributed by atoms with Gasteiger partial charge >= 0.3 is 0 Å². The second kappa shape index (κ2) is 7.69. The highest BCUT2D eigenvalue weighted by molar-refractivity contribution is 7.99. The van der Waals surface area contributed by atoms with Gasteiger partial charge in [-0.3, -0.25) is 19.6 Å². The molecule has 25 heavy (non-hydrogen) atoms. The third kappa shape index (κ3) is 4.01. The Balaban J connectivity index is 2.05. The third-order valence-corrected chi connectivity index (χ3v) is 4.80. The summed E-state index contributed by atoms with van der Waals surface area (Å²) in [6, 6.07) is 14.4. The van der Waals surface area contributed by atoms with Crippen LogP contribution in [0.2, 0.25) is 5.02 Å². The molecule has 0 aliphatic carbocycles. The van der Waals surface area contributed by atoms with E-state index in [0.717, 1.165) is 17.3 Å². The first kappa shape index (κ1) is 17.5. The van der Waals surface area contributed by atoms with Crippen molar-refractivity contribution in [3.05, 3.63) is 69.5 Å². The molecule has 0 bridgehead atoms. The van der Waals surface area contributed by atoms with Gasteiger partial charge in [0.1, 0.15) is 0 Å². The Morgan fingerprint density at radius 2 is 1.92 bits per heavy atom. The van der Waals surface area contributed by atoms with Gasteiger partial charge in [0.2, 0.25) is 5.91 Å². The van der Waals surface area contributed by atoms with Crippen LogP contribution in [0.15, 0.2) is 58.5 Å². The lowest BCUT2D eigenvalue weighted by molar-refractivity contribution is -0.118. The standard InChI is InChI=1S/C17H15ClN4O2S/c18-12-7-5-11(6-8-12)9-22-16(24)13-3-1-2-4-14(13)20-17(22)25-10-15(23)21-19/h1-8H,9-10,19H2,(H,21,23). The van der Waals surface area contributed by atoms with Crippen molar-refractivity contribution in [1.29, 1.82) is 0 Å². The molecule has 3 rings (SSSR count). The lowest BCUT2D eigenvalue weighted by atomic mass is 10.2. The van der Waals surface area contributed by atoms with Crippen LogP contribution in [0.25, 0.3) is 10.9 Å². The van der Waals surface area contributed by atoms with Crippen LogP contribution in [-0.4, -0.2) is 21.2 Å². The van der Waals surface area contributed by atoms with Crippen LogP contribution in [0.1, 0.15) is 5.56 Å². The number of para-hydroxylation sites is 1. The molecule has 8 heteroatoms. The van der Waals surface area contributed by atoms with Crippen molar-refractivity contribution >= 4 is 40.2 Å². The first-order valence-electron chi connectivity index (χ1n) is 7.45. The number of benzene rings is 2. The van der Waals surface area contributed by atoms with Gasteiger partial charge in [-0.1, -0.05) is 47.6 Å². The van der Waals surface area contributed by atoms with Crippen LogP contribution in [0.5, 0.6) is 0 Å². The fourth-order valence-corrected chi connectivity index (χ4v) is 3.28. The normalized spacial score (nSPS) is 10.8. The Morgan fingerprint density at radius 3 is 2.64 bits per heavy atom. The van der Waals surface area contributed by atoms with Crippen molar-refractivity contribution in [2.45, 2.75) is 11.7 Å². The van der Waals surface area contributed by atoms with Gasteiger partial charge in [0.15, 0.2) is 5.16 Å². The molecule has 1 aromatic heterocycles. The number of rotatable bonds is 5. The molecule has 0 saturated carbocycles. The first-order chi connectivity index (χ1) is 12.1. The van der Waals surface area contributed by atoms with Crippen molar-refractivity contribution < 1.29 is 4.79 Å². The summed E-state index contributed by atoms with van der Waals surface area (Å²) in [6.45, 7) is 0.334. The molecular formula is C17H15ClN4O2S. The van der Waals surface area contributed by atoms with E-state index < -0.39 is 0 Å². The minimum absolute atomic E-state index is 0.0713. The lowest BCUT2D eigenvalue weighted by Gasteiger charge is -2.13. The third-order valence-electron chi connectivity index (χ3n) is 3.57. The monoisotopic (exact) mass is 374 g/mol. The fourth-order valence-electron chi connectivity index (χ4n) is 2.34. The number of hydrogen-bond donors (Lipinski definition) is 2. The van der Waals surface area contributed by atoms with Crippen LogP contribution < -0.4 is 16.8 Å². The van der Waals surface area contributed by atoms with Crippen molar-refractivity contribution in [2.75, 3.05) is 5.75 Å². The zero-order chi connectivity index (χ0) is 17.8. The molecule has 2 aromatic carbocycles. The topological polar surface area (TPSA) is 90.0 Å². The summed E-state index contributed by atoms with van der Waals surface area (Å²) in [5.41, 5.74) is 3.42. The summed E-state index contributed by atoms with van der Waals surface area (Å²) < 4.78 is 1.56. The molecule has 1 heterocycles. The molecule has 0 atom stereocenters. The molecule has 6 nitrogen and oxygen atoms in total. The number of halogens is 1. The summed E-state index contributed by atoms with van der Waals surface area (Å²) in [4.78, 5) is 28.9. The minimum atomic E-state index is -0.342. The average molecular weight is 375 g/mol. The van der Waals surface area contributed by atoms with E-state index >= 15 is 0 Å². The quantitative estimate of drug-likeness (QED) is 0.235. The first-order valence-corrected chi connectivity index (χ1v) is 8.81. The SMILES string of the molecule is NNC(=O)CSc1nc2ccccc2c(=O)n1Cc1ccc(Cl)cc1. The van der Waals surface area contributed by atoms with Gasteiger partial charge in [-0.05, 0) is 29.8 Å². The van der Waals surface area contributed by atoms with E-state index in [1.54, 1.807) is 34.9 Å². The molecule has 0 aliphatic rings. The Bertz CT molecular complexity index is 973. The van der Waals surface area contributed by atoms with Gasteiger partial charge in [-0.15, -0.1) is 0 Å². The lowest BCUT2D eigenvalue weighted by Crippen LogP contribution is -2.32. The highest BCUT2D eigenvalue weighted by Crippen LogP contribution is 2.19. The van der Waals surface area contributed by atoms with Crippen LogP contribution in [0, 0.1) is 0 Å². The predicted molar refractivity (Wildman–Crippen MR) is 99.6 cm³/mol. The number of fused-ring (bicyclic) bond motifs is 1. The van der Waals surface area contributed by atoms with E-state index in [-0.39, 0.29) is 17.2 Å². The van der Waals surface area contributed by atoms with Crippen LogP contribution in [-0.2, 0) is 11.3 Å². The van der Waals surface area contributed by atoms with E-state index in [1.165, 1.54) is 0 Å². The molecule has 0 saturated heterocycles. The Hall–Kier alpha value is -2.35. The van der Waals surface area contributed by atoms with Crippen molar-refractivity contribution in [3.8, 4) is 0 Å². The maximum atomic E-state index is 12.9. The zero-order valence-corrected chi connectivity index (χ0v) is 14.7. The average Bonchev–Trinajstić information content (AvgIpc) is 2.64. The maximum absolute atomic E-state index is 12.9.